The highest BCUT2D eigenvalue weighted by atomic mass is 32.2. The van der Waals surface area contributed by atoms with Crippen LogP contribution in [0.2, 0.25) is 0 Å². The van der Waals surface area contributed by atoms with Crippen molar-refractivity contribution in [1.29, 1.82) is 0 Å². The zero-order chi connectivity index (χ0) is 24.1. The van der Waals surface area contributed by atoms with E-state index >= 15 is 0 Å². The molecular weight excluding hydrogens is 442 g/mol. The molecule has 0 unspecified atom stereocenters. The third kappa shape index (κ3) is 6.34. The van der Waals surface area contributed by atoms with Gasteiger partial charge in [0.05, 0.1) is 26.4 Å². The first-order valence-electron chi connectivity index (χ1n) is 10.5. The summed E-state index contributed by atoms with van der Waals surface area (Å²) in [6.07, 6.45) is 1.66. The minimum atomic E-state index is -3.87. The van der Waals surface area contributed by atoms with Crippen molar-refractivity contribution in [2.75, 3.05) is 21.3 Å². The Bertz CT molecular complexity index is 1090. The topological polar surface area (TPSA) is 82.9 Å². The number of nitrogens with zero attached hydrogens (tertiary/aromatic N) is 3. The van der Waals surface area contributed by atoms with Crippen molar-refractivity contribution in [3.63, 3.8) is 0 Å². The van der Waals surface area contributed by atoms with E-state index in [1.54, 1.807) is 32.2 Å². The summed E-state index contributed by atoms with van der Waals surface area (Å²) in [5, 5.41) is 4.34. The van der Waals surface area contributed by atoms with Crippen molar-refractivity contribution < 1.29 is 22.6 Å². The van der Waals surface area contributed by atoms with E-state index < -0.39 is 15.6 Å². The fraction of sp³-hybridized carbons (Fsp3) is 0.375. The number of hydrogen-bond donors (Lipinski definition) is 0. The van der Waals surface area contributed by atoms with Crippen molar-refractivity contribution in [2.24, 2.45) is 0 Å². The van der Waals surface area contributed by atoms with Crippen molar-refractivity contribution in [1.82, 2.24) is 14.1 Å². The average molecular weight is 474 g/mol. The van der Waals surface area contributed by atoms with E-state index in [1.807, 2.05) is 62.4 Å². The van der Waals surface area contributed by atoms with Crippen LogP contribution in [-0.2, 0) is 34.4 Å². The van der Waals surface area contributed by atoms with E-state index in [1.165, 1.54) is 10.4 Å². The van der Waals surface area contributed by atoms with Gasteiger partial charge in [0.25, 0.3) is 10.0 Å². The van der Waals surface area contributed by atoms with Gasteiger partial charge in [0.1, 0.15) is 11.5 Å². The lowest BCUT2D eigenvalue weighted by molar-refractivity contribution is 0.00514. The van der Waals surface area contributed by atoms with E-state index in [0.29, 0.717) is 18.0 Å². The predicted octanol–water partition coefficient (Wildman–Crippen LogP) is 3.72. The molecule has 0 radical (unpaired) electrons. The van der Waals surface area contributed by atoms with Gasteiger partial charge in [-0.2, -0.15) is 9.40 Å². The van der Waals surface area contributed by atoms with Crippen LogP contribution in [0.5, 0.6) is 11.5 Å². The van der Waals surface area contributed by atoms with E-state index in [2.05, 4.69) is 5.10 Å². The van der Waals surface area contributed by atoms with Gasteiger partial charge in [-0.1, -0.05) is 24.3 Å². The Kier molecular flexibility index (Phi) is 7.78. The summed E-state index contributed by atoms with van der Waals surface area (Å²) >= 11 is 0. The lowest BCUT2D eigenvalue weighted by Crippen LogP contribution is -2.31. The van der Waals surface area contributed by atoms with E-state index in [0.717, 1.165) is 11.1 Å². The van der Waals surface area contributed by atoms with E-state index in [-0.39, 0.29) is 18.1 Å². The Morgan fingerprint density at radius 1 is 0.848 bits per heavy atom. The molecule has 3 aromatic rings. The number of rotatable bonds is 11. The Labute approximate surface area is 195 Å². The molecule has 0 N–H and O–H groups in total. The lowest BCUT2D eigenvalue weighted by Gasteiger charge is -2.23. The third-order valence-corrected chi connectivity index (χ3v) is 7.04. The number of benzene rings is 2. The second kappa shape index (κ2) is 10.4. The number of aromatic nitrogens is 2. The number of hydrogen-bond acceptors (Lipinski definition) is 6. The summed E-state index contributed by atoms with van der Waals surface area (Å²) in [7, 11) is 0.933. The maximum Gasteiger partial charge on any atom is 0.262 e. The van der Waals surface area contributed by atoms with Crippen molar-refractivity contribution >= 4 is 10.0 Å². The Morgan fingerprint density at radius 2 is 1.33 bits per heavy atom. The molecule has 0 fully saturated rings. The van der Waals surface area contributed by atoms with Crippen LogP contribution < -0.4 is 9.47 Å². The fourth-order valence-corrected chi connectivity index (χ4v) is 4.59. The molecule has 0 bridgehead atoms. The van der Waals surface area contributed by atoms with E-state index in [9.17, 15) is 8.42 Å². The molecule has 0 atom stereocenters. The molecule has 3 rings (SSSR count). The van der Waals surface area contributed by atoms with Gasteiger partial charge in [-0.25, -0.2) is 8.42 Å². The highest BCUT2D eigenvalue weighted by molar-refractivity contribution is 7.89. The molecule has 33 heavy (non-hydrogen) atoms. The van der Waals surface area contributed by atoms with Crippen molar-refractivity contribution in [2.45, 2.75) is 44.1 Å². The van der Waals surface area contributed by atoms with Crippen LogP contribution in [0.4, 0.5) is 0 Å². The second-order valence-corrected chi connectivity index (χ2v) is 10.2. The highest BCUT2D eigenvalue weighted by Gasteiger charge is 2.28. The Hall–Kier alpha value is -2.88. The van der Waals surface area contributed by atoms with Crippen LogP contribution in [0.25, 0.3) is 0 Å². The van der Waals surface area contributed by atoms with Gasteiger partial charge in [-0.05, 0) is 55.3 Å². The largest absolute Gasteiger partial charge is 0.497 e. The maximum atomic E-state index is 13.6. The Balaban J connectivity index is 1.91. The predicted molar refractivity (Wildman–Crippen MR) is 126 cm³/mol. The highest BCUT2D eigenvalue weighted by Crippen LogP contribution is 2.23. The van der Waals surface area contributed by atoms with Crippen molar-refractivity contribution in [3.05, 3.63) is 71.9 Å². The quantitative estimate of drug-likeness (QED) is 0.422. The molecular formula is C24H31N3O5S. The van der Waals surface area contributed by atoms with Gasteiger partial charge in [0, 0.05) is 26.4 Å². The molecule has 178 valence electrons. The molecule has 0 amide bonds. The van der Waals surface area contributed by atoms with Gasteiger partial charge in [-0.3, -0.25) is 4.68 Å². The average Bonchev–Trinajstić information content (AvgIpc) is 3.28. The molecule has 8 nitrogen and oxygen atoms in total. The second-order valence-electron chi connectivity index (χ2n) is 8.28. The molecule has 2 aromatic carbocycles. The van der Waals surface area contributed by atoms with Crippen LogP contribution in [0, 0.1) is 0 Å². The van der Waals surface area contributed by atoms with Gasteiger partial charge in [0.15, 0.2) is 5.03 Å². The van der Waals surface area contributed by atoms with Crippen LogP contribution in [0.15, 0.2) is 65.8 Å². The monoisotopic (exact) mass is 473 g/mol. The van der Waals surface area contributed by atoms with Crippen LogP contribution in [0.1, 0.15) is 25.0 Å². The first-order chi connectivity index (χ1) is 15.7. The molecule has 0 aliphatic heterocycles. The first kappa shape index (κ1) is 24.8. The summed E-state index contributed by atoms with van der Waals surface area (Å²) in [6.45, 7) is 4.64. The van der Waals surface area contributed by atoms with Gasteiger partial charge < -0.3 is 14.2 Å². The van der Waals surface area contributed by atoms with Crippen molar-refractivity contribution in [3.8, 4) is 11.5 Å². The van der Waals surface area contributed by atoms with E-state index in [4.69, 9.17) is 14.2 Å². The molecule has 1 aromatic heterocycles. The summed E-state index contributed by atoms with van der Waals surface area (Å²) in [4.78, 5) is 0. The minimum Gasteiger partial charge on any atom is -0.497 e. The van der Waals surface area contributed by atoms with Gasteiger partial charge >= 0.3 is 0 Å². The minimum absolute atomic E-state index is 0.00331. The SMILES string of the molecule is COc1ccc(CN(Cc2ccc(OC)cc2)S(=O)(=O)c2ccn(CC(C)(C)OC)n2)cc1. The number of ether oxygens (including phenoxy) is 3. The van der Waals surface area contributed by atoms with Gasteiger partial charge in [0.2, 0.25) is 0 Å². The third-order valence-electron chi connectivity index (χ3n) is 5.35. The number of methoxy groups -OCH3 is 3. The number of sulfonamides is 1. The summed E-state index contributed by atoms with van der Waals surface area (Å²) in [6, 6.07) is 16.2. The van der Waals surface area contributed by atoms with Crippen LogP contribution >= 0.6 is 0 Å². The molecule has 0 saturated carbocycles. The van der Waals surface area contributed by atoms with Crippen LogP contribution in [-0.4, -0.2) is 49.4 Å². The zero-order valence-corrected chi connectivity index (χ0v) is 20.5. The summed E-state index contributed by atoms with van der Waals surface area (Å²) < 4.78 is 46.1. The molecule has 0 aliphatic carbocycles. The molecule has 0 saturated heterocycles. The zero-order valence-electron chi connectivity index (χ0n) is 19.7. The fourth-order valence-electron chi connectivity index (χ4n) is 3.25. The smallest absolute Gasteiger partial charge is 0.262 e. The Morgan fingerprint density at radius 3 is 1.76 bits per heavy atom. The summed E-state index contributed by atoms with van der Waals surface area (Å²) in [5.41, 5.74) is 1.21. The first-order valence-corrected chi connectivity index (χ1v) is 12.0. The van der Waals surface area contributed by atoms with Crippen LogP contribution in [0.3, 0.4) is 0 Å². The molecule has 0 spiro atoms. The normalized spacial score (nSPS) is 12.2. The summed E-state index contributed by atoms with van der Waals surface area (Å²) in [5.74, 6) is 1.42. The van der Waals surface area contributed by atoms with Gasteiger partial charge in [-0.15, -0.1) is 0 Å². The lowest BCUT2D eigenvalue weighted by atomic mass is 10.1. The molecule has 1 heterocycles. The standard InChI is InChI=1S/C24H31N3O5S/c1-24(2,32-5)18-26-15-14-23(25-26)33(28,29)27(16-19-6-10-21(30-3)11-7-19)17-20-8-12-22(31-4)13-9-20/h6-15H,16-18H2,1-5H3. The molecule has 9 heteroatoms. The molecule has 0 aliphatic rings. The maximum absolute atomic E-state index is 13.6.